The molecule has 3 aromatic heterocycles. The van der Waals surface area contributed by atoms with E-state index >= 15 is 0 Å². The Hall–Kier alpha value is -3.34. The summed E-state index contributed by atoms with van der Waals surface area (Å²) in [6.45, 7) is 0.685. The van der Waals surface area contributed by atoms with Gasteiger partial charge >= 0.3 is 0 Å². The van der Waals surface area contributed by atoms with Crippen LogP contribution in [0.3, 0.4) is 0 Å². The fourth-order valence-electron chi connectivity index (χ4n) is 2.84. The molecule has 2 N–H and O–H groups in total. The molecule has 0 spiro atoms. The lowest BCUT2D eigenvalue weighted by atomic mass is 10.1. The number of benzene rings is 1. The number of hydrogen-bond acceptors (Lipinski definition) is 4. The van der Waals surface area contributed by atoms with Crippen molar-refractivity contribution in [1.29, 1.82) is 0 Å². The Balaban J connectivity index is 1.65. The van der Waals surface area contributed by atoms with Crippen molar-refractivity contribution in [3.05, 3.63) is 72.8 Å². The number of nitrogens with zero attached hydrogens (tertiary/aromatic N) is 2. The molecule has 5 heteroatoms. The molecule has 4 aromatic rings. The maximum absolute atomic E-state index is 5.49. The normalized spacial score (nSPS) is 10.8. The van der Waals surface area contributed by atoms with Crippen molar-refractivity contribution in [1.82, 2.24) is 15.0 Å². The van der Waals surface area contributed by atoms with Crippen molar-refractivity contribution in [2.45, 2.75) is 6.54 Å². The molecule has 0 atom stereocenters. The Morgan fingerprint density at radius 3 is 2.76 bits per heavy atom. The van der Waals surface area contributed by atoms with Crippen molar-refractivity contribution < 1.29 is 4.74 Å². The second-order valence-corrected chi connectivity index (χ2v) is 5.78. The number of aromatic amines is 1. The lowest BCUT2D eigenvalue weighted by Gasteiger charge is -2.12. The van der Waals surface area contributed by atoms with E-state index in [1.807, 2.05) is 42.7 Å². The first-order chi connectivity index (χ1) is 12.3. The lowest BCUT2D eigenvalue weighted by Crippen LogP contribution is -2.02. The van der Waals surface area contributed by atoms with Crippen molar-refractivity contribution in [3.63, 3.8) is 0 Å². The average Bonchev–Trinajstić information content (AvgIpc) is 3.11. The minimum Gasteiger partial charge on any atom is -0.495 e. The predicted octanol–water partition coefficient (Wildman–Crippen LogP) is 4.25. The van der Waals surface area contributed by atoms with Crippen molar-refractivity contribution in [3.8, 4) is 17.0 Å². The summed E-state index contributed by atoms with van der Waals surface area (Å²) in [4.78, 5) is 11.7. The molecule has 0 aliphatic carbocycles. The number of nitrogens with one attached hydrogen (secondary N) is 2. The van der Waals surface area contributed by atoms with Crippen LogP contribution in [0, 0.1) is 0 Å². The zero-order valence-electron chi connectivity index (χ0n) is 13.9. The zero-order chi connectivity index (χ0) is 17.1. The van der Waals surface area contributed by atoms with Gasteiger partial charge in [-0.25, -0.2) is 0 Å². The van der Waals surface area contributed by atoms with Crippen LogP contribution in [0.5, 0.6) is 5.75 Å². The maximum Gasteiger partial charge on any atom is 0.142 e. The first kappa shape index (κ1) is 15.2. The number of aromatic nitrogens is 3. The van der Waals surface area contributed by atoms with Gasteiger partial charge in [-0.1, -0.05) is 6.07 Å². The fraction of sp³-hybridized carbons (Fsp3) is 0.100. The topological polar surface area (TPSA) is 62.8 Å². The summed E-state index contributed by atoms with van der Waals surface area (Å²) in [6.07, 6.45) is 7.27. The molecule has 0 saturated heterocycles. The SMILES string of the molecule is COc1ccc(-c2cc3ccncc3[nH]2)cc1NCc1cccnc1. The van der Waals surface area contributed by atoms with Crippen LogP contribution in [-0.2, 0) is 6.54 Å². The maximum atomic E-state index is 5.49. The van der Waals surface area contributed by atoms with E-state index in [-0.39, 0.29) is 0 Å². The Morgan fingerprint density at radius 1 is 1.04 bits per heavy atom. The highest BCUT2D eigenvalue weighted by Crippen LogP contribution is 2.32. The molecule has 1 aromatic carbocycles. The molecule has 5 nitrogen and oxygen atoms in total. The summed E-state index contributed by atoms with van der Waals surface area (Å²) in [7, 11) is 1.68. The third-order valence-corrected chi connectivity index (χ3v) is 4.14. The highest BCUT2D eigenvalue weighted by molar-refractivity contribution is 5.86. The molecule has 0 bridgehead atoms. The summed E-state index contributed by atoms with van der Waals surface area (Å²) in [5.41, 5.74) is 5.23. The highest BCUT2D eigenvalue weighted by atomic mass is 16.5. The van der Waals surface area contributed by atoms with Crippen LogP contribution in [0.4, 0.5) is 5.69 Å². The Kier molecular flexibility index (Phi) is 4.04. The molecule has 0 radical (unpaired) electrons. The molecule has 0 amide bonds. The van der Waals surface area contributed by atoms with Gasteiger partial charge in [0.2, 0.25) is 0 Å². The zero-order valence-corrected chi connectivity index (χ0v) is 13.9. The second kappa shape index (κ2) is 6.65. The van der Waals surface area contributed by atoms with Gasteiger partial charge in [0.1, 0.15) is 5.75 Å². The van der Waals surface area contributed by atoms with Gasteiger partial charge in [-0.15, -0.1) is 0 Å². The van der Waals surface area contributed by atoms with E-state index in [1.54, 1.807) is 19.5 Å². The predicted molar refractivity (Wildman–Crippen MR) is 99.6 cm³/mol. The molecule has 0 saturated carbocycles. The molecule has 0 aliphatic rings. The van der Waals surface area contributed by atoms with Gasteiger partial charge in [0.25, 0.3) is 0 Å². The second-order valence-electron chi connectivity index (χ2n) is 5.78. The van der Waals surface area contributed by atoms with E-state index in [4.69, 9.17) is 4.74 Å². The molecular formula is C20H18N4O. The van der Waals surface area contributed by atoms with Gasteiger partial charge in [0, 0.05) is 41.8 Å². The number of hydrogen-bond donors (Lipinski definition) is 2. The van der Waals surface area contributed by atoms with E-state index in [2.05, 4.69) is 32.4 Å². The molecule has 124 valence electrons. The number of rotatable bonds is 5. The van der Waals surface area contributed by atoms with Crippen LogP contribution in [0.25, 0.3) is 22.2 Å². The number of anilines is 1. The minimum atomic E-state index is 0.685. The molecule has 0 unspecified atom stereocenters. The van der Waals surface area contributed by atoms with Crippen LogP contribution < -0.4 is 10.1 Å². The van der Waals surface area contributed by atoms with E-state index in [1.165, 1.54) is 0 Å². The Labute approximate surface area is 145 Å². The largest absolute Gasteiger partial charge is 0.495 e. The lowest BCUT2D eigenvalue weighted by molar-refractivity contribution is 0.416. The van der Waals surface area contributed by atoms with Gasteiger partial charge < -0.3 is 15.0 Å². The third kappa shape index (κ3) is 3.17. The van der Waals surface area contributed by atoms with Crippen molar-refractivity contribution >= 4 is 16.6 Å². The Morgan fingerprint density at radius 2 is 1.96 bits per heavy atom. The first-order valence-corrected chi connectivity index (χ1v) is 8.07. The average molecular weight is 330 g/mol. The molecular weight excluding hydrogens is 312 g/mol. The Bertz CT molecular complexity index is 962. The molecule has 3 heterocycles. The van der Waals surface area contributed by atoms with Gasteiger partial charge in [0.15, 0.2) is 0 Å². The van der Waals surface area contributed by atoms with E-state index in [0.29, 0.717) is 6.54 Å². The monoisotopic (exact) mass is 330 g/mol. The summed E-state index contributed by atoms with van der Waals surface area (Å²) in [5, 5.41) is 4.58. The van der Waals surface area contributed by atoms with Crippen LogP contribution in [0.15, 0.2) is 67.3 Å². The number of pyridine rings is 2. The van der Waals surface area contributed by atoms with E-state index in [0.717, 1.165) is 39.2 Å². The standard InChI is InChI=1S/C20H18N4O/c1-25-20-5-4-15(17-9-16-6-8-22-13-19(16)24-17)10-18(20)23-12-14-3-2-7-21-11-14/h2-11,13,23-24H,12H2,1H3. The summed E-state index contributed by atoms with van der Waals surface area (Å²) >= 11 is 0. The molecule has 25 heavy (non-hydrogen) atoms. The number of methoxy groups -OCH3 is 1. The number of fused-ring (bicyclic) bond motifs is 1. The van der Waals surface area contributed by atoms with Crippen LogP contribution in [-0.4, -0.2) is 22.1 Å². The summed E-state index contributed by atoms with van der Waals surface area (Å²) < 4.78 is 5.49. The van der Waals surface area contributed by atoms with Crippen molar-refractivity contribution in [2.24, 2.45) is 0 Å². The fourth-order valence-corrected chi connectivity index (χ4v) is 2.84. The summed E-state index contributed by atoms with van der Waals surface area (Å²) in [5.74, 6) is 0.811. The van der Waals surface area contributed by atoms with Crippen LogP contribution >= 0.6 is 0 Å². The summed E-state index contributed by atoms with van der Waals surface area (Å²) in [6, 6.07) is 14.2. The molecule has 0 fully saturated rings. The minimum absolute atomic E-state index is 0.685. The van der Waals surface area contributed by atoms with Gasteiger partial charge in [0.05, 0.1) is 24.5 Å². The number of ether oxygens (including phenoxy) is 1. The third-order valence-electron chi connectivity index (χ3n) is 4.14. The highest BCUT2D eigenvalue weighted by Gasteiger charge is 2.08. The van der Waals surface area contributed by atoms with E-state index in [9.17, 15) is 0 Å². The van der Waals surface area contributed by atoms with Gasteiger partial charge in [-0.2, -0.15) is 0 Å². The van der Waals surface area contributed by atoms with Crippen molar-refractivity contribution in [2.75, 3.05) is 12.4 Å². The van der Waals surface area contributed by atoms with Gasteiger partial charge in [-0.3, -0.25) is 9.97 Å². The first-order valence-electron chi connectivity index (χ1n) is 8.07. The van der Waals surface area contributed by atoms with Crippen LogP contribution in [0.1, 0.15) is 5.56 Å². The smallest absolute Gasteiger partial charge is 0.142 e. The van der Waals surface area contributed by atoms with Crippen LogP contribution in [0.2, 0.25) is 0 Å². The quantitative estimate of drug-likeness (QED) is 0.574. The van der Waals surface area contributed by atoms with Gasteiger partial charge in [-0.05, 0) is 42.0 Å². The number of H-pyrrole nitrogens is 1. The molecule has 0 aliphatic heterocycles. The van der Waals surface area contributed by atoms with E-state index < -0.39 is 0 Å². The molecule has 4 rings (SSSR count).